The molecule has 1 aliphatic rings. The average Bonchev–Trinajstić information content (AvgIpc) is 2.23. The van der Waals surface area contributed by atoms with Crippen LogP contribution >= 0.6 is 11.6 Å². The minimum atomic E-state index is -0.260. The quantitative estimate of drug-likeness (QED) is 0.858. The summed E-state index contributed by atoms with van der Waals surface area (Å²) in [4.78, 5) is 0. The van der Waals surface area contributed by atoms with Gasteiger partial charge >= 0.3 is 0 Å². The smallest absolute Gasteiger partial charge is 0.125 e. The molecule has 2 rings (SSSR count). The Kier molecular flexibility index (Phi) is 4.63. The lowest BCUT2D eigenvalue weighted by Crippen LogP contribution is -2.35. The highest BCUT2D eigenvalue weighted by Crippen LogP contribution is 2.28. The minimum Gasteiger partial charge on any atom is -0.310 e. The largest absolute Gasteiger partial charge is 0.310 e. The molecule has 0 spiro atoms. The molecule has 1 fully saturated rings. The van der Waals surface area contributed by atoms with E-state index < -0.39 is 0 Å². The third-order valence-corrected chi connectivity index (χ3v) is 3.91. The van der Waals surface area contributed by atoms with Crippen molar-refractivity contribution < 1.29 is 4.39 Å². The number of halogens is 2. The number of hydrogen-bond donors (Lipinski definition) is 1. The summed E-state index contributed by atoms with van der Waals surface area (Å²) in [6.45, 7) is 5.31. The summed E-state index contributed by atoms with van der Waals surface area (Å²) in [7, 11) is 0. The maximum Gasteiger partial charge on any atom is 0.125 e. The first-order valence-corrected chi connectivity index (χ1v) is 7.09. The maximum atomic E-state index is 13.2. The van der Waals surface area contributed by atoms with Crippen LogP contribution in [0.4, 0.5) is 4.39 Å². The molecule has 0 aromatic heterocycles. The van der Waals surface area contributed by atoms with Gasteiger partial charge in [-0.15, -0.1) is 0 Å². The van der Waals surface area contributed by atoms with Crippen LogP contribution in [0.2, 0.25) is 5.02 Å². The first-order chi connectivity index (χ1) is 8.52. The van der Waals surface area contributed by atoms with Crippen molar-refractivity contribution in [1.29, 1.82) is 0 Å². The van der Waals surface area contributed by atoms with E-state index in [4.69, 9.17) is 11.6 Å². The molecule has 2 atom stereocenters. The Hall–Kier alpha value is -0.600. The van der Waals surface area contributed by atoms with E-state index in [1.807, 2.05) is 6.07 Å². The minimum absolute atomic E-state index is 0.260. The van der Waals surface area contributed by atoms with Crippen LogP contribution in [0.1, 0.15) is 38.7 Å². The average molecular weight is 270 g/mol. The molecule has 1 aliphatic carbocycles. The highest BCUT2D eigenvalue weighted by atomic mass is 35.5. The van der Waals surface area contributed by atoms with Crippen molar-refractivity contribution in [2.75, 3.05) is 0 Å². The number of nitrogens with one attached hydrogen (secondary N) is 1. The Morgan fingerprint density at radius 1 is 1.17 bits per heavy atom. The van der Waals surface area contributed by atoms with E-state index in [2.05, 4.69) is 19.2 Å². The first kappa shape index (κ1) is 13.8. The molecular weight excluding hydrogens is 249 g/mol. The van der Waals surface area contributed by atoms with Gasteiger partial charge in [-0.2, -0.15) is 0 Å². The molecule has 1 nitrogen and oxygen atoms in total. The van der Waals surface area contributed by atoms with Gasteiger partial charge < -0.3 is 5.32 Å². The van der Waals surface area contributed by atoms with Gasteiger partial charge in [-0.3, -0.25) is 0 Å². The van der Waals surface area contributed by atoms with Crippen LogP contribution in [-0.4, -0.2) is 6.04 Å². The van der Waals surface area contributed by atoms with Gasteiger partial charge in [0, 0.05) is 17.6 Å². The van der Waals surface area contributed by atoms with Gasteiger partial charge in [0.25, 0.3) is 0 Å². The summed E-state index contributed by atoms with van der Waals surface area (Å²) in [5.41, 5.74) is 0.922. The van der Waals surface area contributed by atoms with Crippen molar-refractivity contribution in [3.8, 4) is 0 Å². The molecule has 1 aromatic rings. The van der Waals surface area contributed by atoms with Gasteiger partial charge in [0.2, 0.25) is 0 Å². The predicted molar refractivity (Wildman–Crippen MR) is 74.2 cm³/mol. The molecule has 3 heteroatoms. The number of hydrogen-bond acceptors (Lipinski definition) is 1. The van der Waals surface area contributed by atoms with Crippen molar-refractivity contribution >= 4 is 11.6 Å². The first-order valence-electron chi connectivity index (χ1n) is 6.71. The summed E-state index contributed by atoms with van der Waals surface area (Å²) < 4.78 is 13.2. The van der Waals surface area contributed by atoms with Crippen molar-refractivity contribution in [3.63, 3.8) is 0 Å². The zero-order valence-electron chi connectivity index (χ0n) is 11.0. The third-order valence-electron chi connectivity index (χ3n) is 3.70. The van der Waals surface area contributed by atoms with E-state index in [-0.39, 0.29) is 5.82 Å². The fraction of sp³-hybridized carbons (Fsp3) is 0.600. The summed E-state index contributed by atoms with van der Waals surface area (Å²) in [6, 6.07) is 5.27. The summed E-state index contributed by atoms with van der Waals surface area (Å²) in [5, 5.41) is 4.00. The second-order valence-corrected chi connectivity index (χ2v) is 6.21. The lowest BCUT2D eigenvalue weighted by atomic mass is 9.80. The fourth-order valence-electron chi connectivity index (χ4n) is 3.09. The van der Waals surface area contributed by atoms with Crippen molar-refractivity contribution in [1.82, 2.24) is 5.32 Å². The van der Waals surface area contributed by atoms with Crippen LogP contribution in [0.3, 0.4) is 0 Å². The van der Waals surface area contributed by atoms with Gasteiger partial charge in [-0.05, 0) is 54.9 Å². The van der Waals surface area contributed by atoms with Crippen molar-refractivity contribution in [2.24, 2.45) is 11.8 Å². The van der Waals surface area contributed by atoms with Crippen molar-refractivity contribution in [3.05, 3.63) is 34.6 Å². The van der Waals surface area contributed by atoms with Crippen LogP contribution in [-0.2, 0) is 6.54 Å². The van der Waals surface area contributed by atoms with E-state index >= 15 is 0 Å². The monoisotopic (exact) mass is 269 g/mol. The molecule has 100 valence electrons. The molecular formula is C15H21ClFN. The van der Waals surface area contributed by atoms with Gasteiger partial charge in [-0.1, -0.05) is 25.4 Å². The fourth-order valence-corrected chi connectivity index (χ4v) is 3.33. The van der Waals surface area contributed by atoms with E-state index in [1.165, 1.54) is 25.3 Å². The van der Waals surface area contributed by atoms with Gasteiger partial charge in [0.15, 0.2) is 0 Å². The molecule has 1 aromatic carbocycles. The van der Waals surface area contributed by atoms with Crippen molar-refractivity contribution in [2.45, 2.75) is 45.7 Å². The number of benzene rings is 1. The highest BCUT2D eigenvalue weighted by molar-refractivity contribution is 6.30. The van der Waals surface area contributed by atoms with E-state index in [0.29, 0.717) is 17.6 Å². The van der Waals surface area contributed by atoms with Gasteiger partial charge in [0.1, 0.15) is 5.82 Å². The lowest BCUT2D eigenvalue weighted by Gasteiger charge is -2.32. The Morgan fingerprint density at radius 3 is 2.44 bits per heavy atom. The zero-order chi connectivity index (χ0) is 13.1. The normalized spacial score (nSPS) is 28.3. The van der Waals surface area contributed by atoms with Crippen LogP contribution in [0.5, 0.6) is 0 Å². The van der Waals surface area contributed by atoms with Crippen LogP contribution < -0.4 is 5.32 Å². The Morgan fingerprint density at radius 2 is 1.83 bits per heavy atom. The van der Waals surface area contributed by atoms with Gasteiger partial charge in [0.05, 0.1) is 0 Å². The molecule has 0 bridgehead atoms. The molecule has 0 heterocycles. The molecule has 1 saturated carbocycles. The van der Waals surface area contributed by atoms with Crippen LogP contribution in [0, 0.1) is 17.7 Å². The summed E-state index contributed by atoms with van der Waals surface area (Å²) in [5.74, 6) is 1.30. The summed E-state index contributed by atoms with van der Waals surface area (Å²) >= 11 is 5.85. The molecule has 0 amide bonds. The van der Waals surface area contributed by atoms with Crippen LogP contribution in [0.25, 0.3) is 0 Å². The Balaban J connectivity index is 1.90. The lowest BCUT2D eigenvalue weighted by molar-refractivity contribution is 0.238. The van der Waals surface area contributed by atoms with Crippen LogP contribution in [0.15, 0.2) is 18.2 Å². The van der Waals surface area contributed by atoms with E-state index in [0.717, 1.165) is 17.4 Å². The molecule has 0 aliphatic heterocycles. The molecule has 1 N–H and O–H groups in total. The second kappa shape index (κ2) is 6.03. The number of rotatable bonds is 3. The molecule has 0 saturated heterocycles. The standard InChI is InChI=1S/C15H21ClFN/c1-10-3-11(2)5-15(4-10)18-9-12-6-13(16)8-14(17)7-12/h6-8,10-11,15,18H,3-5,9H2,1-2H3. The van der Waals surface area contributed by atoms with E-state index in [1.54, 1.807) is 6.07 Å². The molecule has 0 radical (unpaired) electrons. The highest BCUT2D eigenvalue weighted by Gasteiger charge is 2.23. The third kappa shape index (κ3) is 3.96. The maximum absolute atomic E-state index is 13.2. The van der Waals surface area contributed by atoms with Gasteiger partial charge in [-0.25, -0.2) is 4.39 Å². The summed E-state index contributed by atoms with van der Waals surface area (Å²) in [6.07, 6.45) is 3.75. The van der Waals surface area contributed by atoms with E-state index in [9.17, 15) is 4.39 Å². The predicted octanol–water partition coefficient (Wildman–Crippen LogP) is 4.39. The zero-order valence-corrected chi connectivity index (χ0v) is 11.8. The Labute approximate surface area is 114 Å². The Bertz CT molecular complexity index is 377. The topological polar surface area (TPSA) is 12.0 Å². The SMILES string of the molecule is CC1CC(C)CC(NCc2cc(F)cc(Cl)c2)C1. The molecule has 2 unspecified atom stereocenters. The molecule has 18 heavy (non-hydrogen) atoms. The second-order valence-electron chi connectivity index (χ2n) is 5.77.